The molecule has 0 amide bonds. The summed E-state index contributed by atoms with van der Waals surface area (Å²) >= 11 is 1.82. The molecule has 7 nitrogen and oxygen atoms in total. The number of ether oxygens (including phenoxy) is 1. The second-order valence-corrected chi connectivity index (χ2v) is 7.52. The van der Waals surface area contributed by atoms with Crippen LogP contribution in [0.25, 0.3) is 10.6 Å². The SMILES string of the molecule is c1cc(-c2ccc(CN3CC[C@H]4[C@H](C3)OCc3cnnn34)s2)[nH]n1. The summed E-state index contributed by atoms with van der Waals surface area (Å²) in [7, 11) is 0. The number of hydrogen-bond donors (Lipinski definition) is 1. The second-order valence-electron chi connectivity index (χ2n) is 6.35. The van der Waals surface area contributed by atoms with Crippen LogP contribution in [0.3, 0.4) is 0 Å². The van der Waals surface area contributed by atoms with Crippen molar-refractivity contribution < 1.29 is 4.74 Å². The van der Waals surface area contributed by atoms with Crippen LogP contribution in [0, 0.1) is 0 Å². The Hall–Kier alpha value is -2.03. The van der Waals surface area contributed by atoms with Gasteiger partial charge in [-0.25, -0.2) is 4.68 Å². The van der Waals surface area contributed by atoms with E-state index in [-0.39, 0.29) is 6.10 Å². The first kappa shape index (κ1) is 14.3. The fourth-order valence-electron chi connectivity index (χ4n) is 3.62. The normalized spacial score (nSPS) is 23.8. The Balaban J connectivity index is 1.27. The van der Waals surface area contributed by atoms with Crippen LogP contribution < -0.4 is 0 Å². The lowest BCUT2D eigenvalue weighted by Gasteiger charge is -2.40. The van der Waals surface area contributed by atoms with Crippen molar-refractivity contribution in [3.8, 4) is 10.6 Å². The number of nitrogens with zero attached hydrogens (tertiary/aromatic N) is 5. The molecule has 2 atom stereocenters. The van der Waals surface area contributed by atoms with Gasteiger partial charge in [0.15, 0.2) is 0 Å². The van der Waals surface area contributed by atoms with Gasteiger partial charge in [0.25, 0.3) is 0 Å². The molecule has 1 fully saturated rings. The number of H-pyrrole nitrogens is 1. The molecule has 5 heterocycles. The van der Waals surface area contributed by atoms with Gasteiger partial charge < -0.3 is 4.74 Å². The van der Waals surface area contributed by atoms with Crippen molar-refractivity contribution in [2.75, 3.05) is 13.1 Å². The molecule has 8 heteroatoms. The Kier molecular flexibility index (Phi) is 3.46. The smallest absolute Gasteiger partial charge is 0.0932 e. The van der Waals surface area contributed by atoms with E-state index in [1.54, 1.807) is 6.20 Å². The molecule has 2 aliphatic heterocycles. The molecule has 1 N–H and O–H groups in total. The van der Waals surface area contributed by atoms with Crippen LogP contribution in [0.4, 0.5) is 0 Å². The summed E-state index contributed by atoms with van der Waals surface area (Å²) in [4.78, 5) is 5.08. The predicted octanol–water partition coefficient (Wildman–Crippen LogP) is 2.08. The van der Waals surface area contributed by atoms with Gasteiger partial charge in [-0.05, 0) is 24.6 Å². The van der Waals surface area contributed by atoms with Gasteiger partial charge in [-0.1, -0.05) is 5.21 Å². The van der Waals surface area contributed by atoms with Crippen molar-refractivity contribution in [1.29, 1.82) is 0 Å². The van der Waals surface area contributed by atoms with E-state index in [4.69, 9.17) is 4.74 Å². The van der Waals surface area contributed by atoms with E-state index in [0.29, 0.717) is 12.6 Å². The molecule has 0 radical (unpaired) electrons. The average Bonchev–Trinajstić information content (AvgIpc) is 3.35. The van der Waals surface area contributed by atoms with Crippen LogP contribution in [0.15, 0.2) is 30.6 Å². The first-order valence-corrected chi connectivity index (χ1v) is 9.00. The molecule has 0 unspecified atom stereocenters. The van der Waals surface area contributed by atoms with Gasteiger partial charge in [-0.15, -0.1) is 16.4 Å². The highest BCUT2D eigenvalue weighted by Crippen LogP contribution is 2.32. The summed E-state index contributed by atoms with van der Waals surface area (Å²) in [5.74, 6) is 0. The summed E-state index contributed by atoms with van der Waals surface area (Å²) in [5, 5.41) is 15.3. The monoisotopic (exact) mass is 342 g/mol. The van der Waals surface area contributed by atoms with Crippen LogP contribution in [0.1, 0.15) is 23.0 Å². The number of rotatable bonds is 3. The minimum absolute atomic E-state index is 0.208. The van der Waals surface area contributed by atoms with Crippen molar-refractivity contribution >= 4 is 11.3 Å². The standard InChI is InChI=1S/C16H18N6OS/c1-2-16(13-3-5-17-19-13)24-12(1)8-21-6-4-14-15(9-21)23-10-11-7-18-20-22(11)14/h1-3,5,7,14-15H,4,6,8-10H2,(H,17,19)/t14-,15-/m0/s1. The zero-order chi connectivity index (χ0) is 15.9. The molecular formula is C16H18N6OS. The number of nitrogens with one attached hydrogen (secondary N) is 1. The van der Waals surface area contributed by atoms with Crippen molar-refractivity contribution in [2.45, 2.75) is 31.7 Å². The number of likely N-dealkylation sites (tertiary alicyclic amines) is 1. The van der Waals surface area contributed by atoms with E-state index >= 15 is 0 Å². The summed E-state index contributed by atoms with van der Waals surface area (Å²) < 4.78 is 8.11. The van der Waals surface area contributed by atoms with E-state index in [0.717, 1.165) is 37.4 Å². The molecule has 0 aliphatic carbocycles. The lowest BCUT2D eigenvalue weighted by molar-refractivity contribution is -0.0702. The number of aromatic nitrogens is 5. The van der Waals surface area contributed by atoms with E-state index < -0.39 is 0 Å². The average molecular weight is 342 g/mol. The van der Waals surface area contributed by atoms with E-state index in [1.807, 2.05) is 23.6 Å². The minimum atomic E-state index is 0.208. The third-order valence-electron chi connectivity index (χ3n) is 4.82. The quantitative estimate of drug-likeness (QED) is 0.789. The maximum Gasteiger partial charge on any atom is 0.0932 e. The molecule has 0 saturated carbocycles. The fraction of sp³-hybridized carbons (Fsp3) is 0.438. The highest BCUT2D eigenvalue weighted by Gasteiger charge is 2.36. The minimum Gasteiger partial charge on any atom is -0.368 e. The molecule has 24 heavy (non-hydrogen) atoms. The predicted molar refractivity (Wildman–Crippen MR) is 89.4 cm³/mol. The first-order chi connectivity index (χ1) is 11.9. The van der Waals surface area contributed by atoms with Gasteiger partial charge in [-0.3, -0.25) is 10.00 Å². The third-order valence-corrected chi connectivity index (χ3v) is 5.93. The summed E-state index contributed by atoms with van der Waals surface area (Å²) in [6.45, 7) is 3.59. The zero-order valence-electron chi connectivity index (χ0n) is 13.1. The first-order valence-electron chi connectivity index (χ1n) is 8.18. The van der Waals surface area contributed by atoms with E-state index in [1.165, 1.54) is 9.75 Å². The Morgan fingerprint density at radius 2 is 2.33 bits per heavy atom. The molecule has 2 aliphatic rings. The summed E-state index contributed by atoms with van der Waals surface area (Å²) in [6, 6.07) is 6.71. The Morgan fingerprint density at radius 1 is 1.33 bits per heavy atom. The van der Waals surface area contributed by atoms with E-state index in [2.05, 4.69) is 42.2 Å². The molecular weight excluding hydrogens is 324 g/mol. The number of fused-ring (bicyclic) bond motifs is 3. The summed E-state index contributed by atoms with van der Waals surface area (Å²) in [6.07, 6.45) is 4.86. The number of thiophene rings is 1. The van der Waals surface area contributed by atoms with Crippen molar-refractivity contribution in [1.82, 2.24) is 30.1 Å². The number of hydrogen-bond acceptors (Lipinski definition) is 6. The van der Waals surface area contributed by atoms with Crippen molar-refractivity contribution in [3.05, 3.63) is 41.2 Å². The zero-order valence-corrected chi connectivity index (χ0v) is 13.9. The van der Waals surface area contributed by atoms with Gasteiger partial charge in [0.05, 0.1) is 41.2 Å². The third kappa shape index (κ3) is 2.47. The van der Waals surface area contributed by atoms with Crippen LogP contribution in [-0.2, 0) is 17.9 Å². The summed E-state index contributed by atoms with van der Waals surface area (Å²) in [5.41, 5.74) is 2.17. The van der Waals surface area contributed by atoms with Gasteiger partial charge in [0.2, 0.25) is 0 Å². The largest absolute Gasteiger partial charge is 0.368 e. The molecule has 3 aromatic heterocycles. The molecule has 0 bridgehead atoms. The van der Waals surface area contributed by atoms with Gasteiger partial charge in [0.1, 0.15) is 0 Å². The Bertz CT molecular complexity index is 825. The Morgan fingerprint density at radius 3 is 3.25 bits per heavy atom. The topological polar surface area (TPSA) is 71.9 Å². The fourth-order valence-corrected chi connectivity index (χ4v) is 4.64. The lowest BCUT2D eigenvalue weighted by Crippen LogP contribution is -2.48. The van der Waals surface area contributed by atoms with Crippen molar-refractivity contribution in [3.63, 3.8) is 0 Å². The Labute approximate surface area is 143 Å². The number of aromatic amines is 1. The molecule has 5 rings (SSSR count). The molecule has 0 aromatic carbocycles. The van der Waals surface area contributed by atoms with Crippen LogP contribution in [0.2, 0.25) is 0 Å². The van der Waals surface area contributed by atoms with Crippen LogP contribution in [-0.4, -0.2) is 49.3 Å². The van der Waals surface area contributed by atoms with Gasteiger partial charge in [-0.2, -0.15) is 5.10 Å². The maximum absolute atomic E-state index is 6.05. The molecule has 1 saturated heterocycles. The van der Waals surface area contributed by atoms with Gasteiger partial charge in [0, 0.05) is 30.7 Å². The van der Waals surface area contributed by atoms with Crippen LogP contribution in [0.5, 0.6) is 0 Å². The number of piperidine rings is 1. The maximum atomic E-state index is 6.05. The van der Waals surface area contributed by atoms with Crippen molar-refractivity contribution in [2.24, 2.45) is 0 Å². The van der Waals surface area contributed by atoms with Crippen LogP contribution >= 0.6 is 11.3 Å². The van der Waals surface area contributed by atoms with E-state index in [9.17, 15) is 0 Å². The molecule has 3 aromatic rings. The molecule has 0 spiro atoms. The van der Waals surface area contributed by atoms with Gasteiger partial charge >= 0.3 is 0 Å². The second kappa shape index (κ2) is 5.80. The highest BCUT2D eigenvalue weighted by atomic mass is 32.1. The molecule has 124 valence electrons. The highest BCUT2D eigenvalue weighted by molar-refractivity contribution is 7.15. The lowest BCUT2D eigenvalue weighted by atomic mass is 10.00.